The predicted octanol–water partition coefficient (Wildman–Crippen LogP) is 3.23. The molecule has 126 valence electrons. The molecule has 24 heavy (non-hydrogen) atoms. The van der Waals surface area contributed by atoms with Crippen LogP contribution in [-0.4, -0.2) is 25.3 Å². The summed E-state index contributed by atoms with van der Waals surface area (Å²) in [5.74, 6) is 1.07. The molecule has 1 amide bonds. The number of ether oxygens (including phenoxy) is 2. The average molecular weight is 326 g/mol. The minimum absolute atomic E-state index is 0.0903. The summed E-state index contributed by atoms with van der Waals surface area (Å²) in [5.41, 5.74) is 5.56. The normalized spacial score (nSPS) is 10.6. The standard InChI is InChI=1S/C19H22N2O3/c1-4-23-18-8-6-5-7-16(18)12-20-21-19(22)13-24-17-10-9-14(2)15(3)11-17/h5-12H,4,13H2,1-3H3,(H,21,22)/b20-12-. The number of amides is 1. The summed E-state index contributed by atoms with van der Waals surface area (Å²) < 4.78 is 11.0. The van der Waals surface area contributed by atoms with E-state index in [0.29, 0.717) is 12.4 Å². The van der Waals surface area contributed by atoms with Crippen LogP contribution in [0.5, 0.6) is 11.5 Å². The van der Waals surface area contributed by atoms with Crippen LogP contribution in [0.15, 0.2) is 47.6 Å². The summed E-state index contributed by atoms with van der Waals surface area (Å²) >= 11 is 0. The SMILES string of the molecule is CCOc1ccccc1/C=N\NC(=O)COc1ccc(C)c(C)c1. The maximum atomic E-state index is 11.8. The summed E-state index contributed by atoms with van der Waals surface area (Å²) in [4.78, 5) is 11.8. The summed E-state index contributed by atoms with van der Waals surface area (Å²) in [6, 6.07) is 13.2. The Hall–Kier alpha value is -2.82. The highest BCUT2D eigenvalue weighted by molar-refractivity contribution is 5.85. The van der Waals surface area contributed by atoms with Crippen molar-refractivity contribution >= 4 is 12.1 Å². The molecule has 0 aromatic heterocycles. The Bertz CT molecular complexity index is 726. The third kappa shape index (κ3) is 5.12. The maximum Gasteiger partial charge on any atom is 0.277 e. The Morgan fingerprint density at radius 2 is 1.92 bits per heavy atom. The van der Waals surface area contributed by atoms with Crippen LogP contribution in [0.1, 0.15) is 23.6 Å². The van der Waals surface area contributed by atoms with Crippen LogP contribution in [0, 0.1) is 13.8 Å². The molecule has 0 aliphatic carbocycles. The first-order valence-electron chi connectivity index (χ1n) is 7.84. The maximum absolute atomic E-state index is 11.8. The van der Waals surface area contributed by atoms with Crippen molar-refractivity contribution in [2.45, 2.75) is 20.8 Å². The van der Waals surface area contributed by atoms with E-state index in [9.17, 15) is 4.79 Å². The van der Waals surface area contributed by atoms with Crippen LogP contribution >= 0.6 is 0 Å². The molecule has 5 nitrogen and oxygen atoms in total. The molecule has 0 fully saturated rings. The van der Waals surface area contributed by atoms with Gasteiger partial charge in [0.2, 0.25) is 0 Å². The molecule has 0 heterocycles. The average Bonchev–Trinajstić information content (AvgIpc) is 2.58. The molecule has 0 atom stereocenters. The molecule has 0 saturated carbocycles. The Morgan fingerprint density at radius 1 is 1.12 bits per heavy atom. The molecule has 5 heteroatoms. The van der Waals surface area contributed by atoms with E-state index in [1.54, 1.807) is 6.21 Å². The van der Waals surface area contributed by atoms with E-state index in [1.807, 2.05) is 63.2 Å². The number of nitrogens with zero attached hydrogens (tertiary/aromatic N) is 1. The Labute approximate surface area is 142 Å². The number of hydrazone groups is 1. The van der Waals surface area contributed by atoms with Gasteiger partial charge in [0.1, 0.15) is 11.5 Å². The van der Waals surface area contributed by atoms with Crippen molar-refractivity contribution < 1.29 is 14.3 Å². The second-order valence-corrected chi connectivity index (χ2v) is 5.30. The van der Waals surface area contributed by atoms with Gasteiger partial charge in [0.25, 0.3) is 5.91 Å². The topological polar surface area (TPSA) is 59.9 Å². The van der Waals surface area contributed by atoms with Gasteiger partial charge in [0.05, 0.1) is 12.8 Å². The van der Waals surface area contributed by atoms with Crippen LogP contribution in [0.3, 0.4) is 0 Å². The van der Waals surface area contributed by atoms with Gasteiger partial charge in [-0.05, 0) is 56.2 Å². The predicted molar refractivity (Wildman–Crippen MR) is 94.8 cm³/mol. The van der Waals surface area contributed by atoms with Gasteiger partial charge in [-0.1, -0.05) is 18.2 Å². The number of rotatable bonds is 7. The number of hydrogen-bond acceptors (Lipinski definition) is 4. The number of hydrogen-bond donors (Lipinski definition) is 1. The Kier molecular flexibility index (Phi) is 6.37. The van der Waals surface area contributed by atoms with Crippen molar-refractivity contribution in [2.75, 3.05) is 13.2 Å². The van der Waals surface area contributed by atoms with Crippen molar-refractivity contribution in [3.05, 3.63) is 59.2 Å². The van der Waals surface area contributed by atoms with Gasteiger partial charge in [-0.15, -0.1) is 0 Å². The van der Waals surface area contributed by atoms with E-state index in [4.69, 9.17) is 9.47 Å². The van der Waals surface area contributed by atoms with Gasteiger partial charge >= 0.3 is 0 Å². The number of aryl methyl sites for hydroxylation is 2. The van der Waals surface area contributed by atoms with E-state index < -0.39 is 0 Å². The van der Waals surface area contributed by atoms with E-state index >= 15 is 0 Å². The zero-order chi connectivity index (χ0) is 17.4. The molecule has 1 N–H and O–H groups in total. The second-order valence-electron chi connectivity index (χ2n) is 5.30. The summed E-state index contributed by atoms with van der Waals surface area (Å²) in [6.45, 7) is 6.43. The number of para-hydroxylation sites is 1. The van der Waals surface area contributed by atoms with Crippen molar-refractivity contribution in [3.8, 4) is 11.5 Å². The third-order valence-electron chi connectivity index (χ3n) is 3.46. The lowest BCUT2D eigenvalue weighted by Crippen LogP contribution is -2.24. The second kappa shape index (κ2) is 8.72. The molecular formula is C19H22N2O3. The summed E-state index contributed by atoms with van der Waals surface area (Å²) in [6.07, 6.45) is 1.55. The molecule has 0 unspecified atom stereocenters. The zero-order valence-corrected chi connectivity index (χ0v) is 14.2. The lowest BCUT2D eigenvalue weighted by Gasteiger charge is -2.07. The lowest BCUT2D eigenvalue weighted by molar-refractivity contribution is -0.123. The Morgan fingerprint density at radius 3 is 2.67 bits per heavy atom. The molecule has 0 spiro atoms. The van der Waals surface area contributed by atoms with Gasteiger partial charge in [0, 0.05) is 5.56 Å². The lowest BCUT2D eigenvalue weighted by atomic mass is 10.1. The van der Waals surface area contributed by atoms with Gasteiger partial charge in [-0.3, -0.25) is 4.79 Å². The van der Waals surface area contributed by atoms with Gasteiger partial charge in [-0.2, -0.15) is 5.10 Å². The molecule has 0 aliphatic heterocycles. The fourth-order valence-electron chi connectivity index (χ4n) is 2.03. The molecule has 2 aromatic rings. The number of carbonyl (C=O) groups is 1. The monoisotopic (exact) mass is 326 g/mol. The minimum Gasteiger partial charge on any atom is -0.493 e. The van der Waals surface area contributed by atoms with E-state index in [1.165, 1.54) is 5.56 Å². The number of nitrogens with one attached hydrogen (secondary N) is 1. The summed E-state index contributed by atoms with van der Waals surface area (Å²) in [7, 11) is 0. The van der Waals surface area contributed by atoms with Crippen molar-refractivity contribution in [3.63, 3.8) is 0 Å². The van der Waals surface area contributed by atoms with Crippen LogP contribution in [0.25, 0.3) is 0 Å². The van der Waals surface area contributed by atoms with Gasteiger partial charge in [-0.25, -0.2) is 5.43 Å². The molecular weight excluding hydrogens is 304 g/mol. The molecule has 2 aromatic carbocycles. The van der Waals surface area contributed by atoms with E-state index in [2.05, 4.69) is 10.5 Å². The highest BCUT2D eigenvalue weighted by Gasteiger charge is 2.03. The van der Waals surface area contributed by atoms with Crippen LogP contribution in [-0.2, 0) is 4.79 Å². The first-order valence-corrected chi connectivity index (χ1v) is 7.84. The first-order chi connectivity index (χ1) is 11.6. The van der Waals surface area contributed by atoms with E-state index in [0.717, 1.165) is 16.9 Å². The van der Waals surface area contributed by atoms with Crippen molar-refractivity contribution in [1.29, 1.82) is 0 Å². The molecule has 0 radical (unpaired) electrons. The number of benzene rings is 2. The molecule has 0 bridgehead atoms. The zero-order valence-electron chi connectivity index (χ0n) is 14.2. The minimum atomic E-state index is -0.321. The van der Waals surface area contributed by atoms with Crippen molar-refractivity contribution in [2.24, 2.45) is 5.10 Å². The fourth-order valence-corrected chi connectivity index (χ4v) is 2.03. The highest BCUT2D eigenvalue weighted by Crippen LogP contribution is 2.16. The fraction of sp³-hybridized carbons (Fsp3) is 0.263. The quantitative estimate of drug-likeness (QED) is 0.628. The number of carbonyl (C=O) groups excluding carboxylic acids is 1. The largest absolute Gasteiger partial charge is 0.493 e. The molecule has 0 saturated heterocycles. The smallest absolute Gasteiger partial charge is 0.277 e. The van der Waals surface area contributed by atoms with Crippen molar-refractivity contribution in [1.82, 2.24) is 5.43 Å². The third-order valence-corrected chi connectivity index (χ3v) is 3.46. The first kappa shape index (κ1) is 17.5. The Balaban J connectivity index is 1.85. The van der Waals surface area contributed by atoms with Crippen LogP contribution < -0.4 is 14.9 Å². The molecule has 2 rings (SSSR count). The van der Waals surface area contributed by atoms with Gasteiger partial charge < -0.3 is 9.47 Å². The highest BCUT2D eigenvalue weighted by atomic mass is 16.5. The summed E-state index contributed by atoms with van der Waals surface area (Å²) in [5, 5.41) is 3.94. The van der Waals surface area contributed by atoms with Gasteiger partial charge in [0.15, 0.2) is 6.61 Å². The van der Waals surface area contributed by atoms with Crippen LogP contribution in [0.2, 0.25) is 0 Å². The van der Waals surface area contributed by atoms with Crippen LogP contribution in [0.4, 0.5) is 0 Å². The molecule has 0 aliphatic rings. The van der Waals surface area contributed by atoms with E-state index in [-0.39, 0.29) is 12.5 Å².